The monoisotopic (exact) mass is 303 g/mol. The molecular weight excluding hydrogens is 274 g/mol. The SMILES string of the molecule is CCC(NC(=O)C(C)NC)C(O)CNNC(=O)C(C)NC. The fourth-order valence-corrected chi connectivity index (χ4v) is 1.53. The highest BCUT2D eigenvalue weighted by molar-refractivity contribution is 5.81. The standard InChI is InChI=1S/C13H29N5O3/c1-6-10(17-12(20)8(2)14-4)11(19)7-16-18-13(21)9(3)15-5/h8-11,14-16,19H,6-7H2,1-5H3,(H,17,20)(H,18,21). The van der Waals surface area contributed by atoms with E-state index < -0.39 is 6.10 Å². The Morgan fingerprint density at radius 3 is 2.05 bits per heavy atom. The van der Waals surface area contributed by atoms with E-state index in [4.69, 9.17) is 0 Å². The summed E-state index contributed by atoms with van der Waals surface area (Å²) < 4.78 is 0. The van der Waals surface area contributed by atoms with Crippen LogP contribution < -0.4 is 26.8 Å². The maximum absolute atomic E-state index is 11.8. The minimum absolute atomic E-state index is 0.148. The average molecular weight is 303 g/mol. The fraction of sp³-hybridized carbons (Fsp3) is 0.846. The number of hydrazine groups is 1. The van der Waals surface area contributed by atoms with Crippen molar-refractivity contribution in [2.24, 2.45) is 0 Å². The maximum Gasteiger partial charge on any atom is 0.250 e. The normalized spacial score (nSPS) is 16.7. The van der Waals surface area contributed by atoms with Gasteiger partial charge in [-0.2, -0.15) is 0 Å². The Bertz CT molecular complexity index is 327. The lowest BCUT2D eigenvalue weighted by Crippen LogP contribution is -2.54. The van der Waals surface area contributed by atoms with Crippen molar-refractivity contribution in [2.45, 2.75) is 51.4 Å². The molecule has 2 amide bonds. The zero-order valence-corrected chi connectivity index (χ0v) is 13.5. The predicted molar refractivity (Wildman–Crippen MR) is 81.4 cm³/mol. The van der Waals surface area contributed by atoms with Crippen molar-refractivity contribution in [1.29, 1.82) is 0 Å². The number of aliphatic hydroxyl groups excluding tert-OH is 1. The van der Waals surface area contributed by atoms with Gasteiger partial charge in [0.1, 0.15) is 0 Å². The summed E-state index contributed by atoms with van der Waals surface area (Å²) in [5.41, 5.74) is 5.17. The molecule has 0 aromatic carbocycles. The quantitative estimate of drug-likeness (QED) is 0.262. The summed E-state index contributed by atoms with van der Waals surface area (Å²) >= 11 is 0. The van der Waals surface area contributed by atoms with Gasteiger partial charge in [0.05, 0.1) is 24.2 Å². The average Bonchev–Trinajstić information content (AvgIpc) is 2.49. The van der Waals surface area contributed by atoms with Crippen molar-refractivity contribution >= 4 is 11.8 Å². The Morgan fingerprint density at radius 2 is 1.57 bits per heavy atom. The van der Waals surface area contributed by atoms with Crippen LogP contribution in [0.2, 0.25) is 0 Å². The van der Waals surface area contributed by atoms with Gasteiger partial charge in [0.2, 0.25) is 5.91 Å². The van der Waals surface area contributed by atoms with Crippen molar-refractivity contribution in [3.63, 3.8) is 0 Å². The minimum atomic E-state index is -0.798. The summed E-state index contributed by atoms with van der Waals surface area (Å²) in [5.74, 6) is -0.387. The molecule has 8 nitrogen and oxygen atoms in total. The molecule has 0 spiro atoms. The molecule has 124 valence electrons. The van der Waals surface area contributed by atoms with Crippen molar-refractivity contribution < 1.29 is 14.7 Å². The molecule has 0 aliphatic carbocycles. The van der Waals surface area contributed by atoms with Crippen LogP contribution in [0.5, 0.6) is 0 Å². The molecule has 4 atom stereocenters. The van der Waals surface area contributed by atoms with Crippen LogP contribution in [0.15, 0.2) is 0 Å². The van der Waals surface area contributed by atoms with Crippen LogP contribution in [0.3, 0.4) is 0 Å². The number of carbonyl (C=O) groups excluding carboxylic acids is 2. The van der Waals surface area contributed by atoms with Gasteiger partial charge >= 0.3 is 0 Å². The van der Waals surface area contributed by atoms with Crippen LogP contribution in [-0.2, 0) is 9.59 Å². The Morgan fingerprint density at radius 1 is 1.05 bits per heavy atom. The molecule has 0 aliphatic rings. The number of amides is 2. The molecule has 6 N–H and O–H groups in total. The number of likely N-dealkylation sites (N-methyl/N-ethyl adjacent to an activating group) is 2. The van der Waals surface area contributed by atoms with E-state index >= 15 is 0 Å². The van der Waals surface area contributed by atoms with E-state index in [9.17, 15) is 14.7 Å². The third-order valence-electron chi connectivity index (χ3n) is 3.41. The first-order valence-electron chi connectivity index (χ1n) is 7.23. The first kappa shape index (κ1) is 19.8. The summed E-state index contributed by atoms with van der Waals surface area (Å²) in [6.45, 7) is 5.49. The van der Waals surface area contributed by atoms with Gasteiger partial charge in [-0.25, -0.2) is 5.43 Å². The third-order valence-corrected chi connectivity index (χ3v) is 3.41. The van der Waals surface area contributed by atoms with Crippen LogP contribution in [0.25, 0.3) is 0 Å². The smallest absolute Gasteiger partial charge is 0.250 e. The molecule has 0 saturated carbocycles. The van der Waals surface area contributed by atoms with Crippen LogP contribution >= 0.6 is 0 Å². The Hall–Kier alpha value is -1.22. The van der Waals surface area contributed by atoms with E-state index in [0.29, 0.717) is 6.42 Å². The van der Waals surface area contributed by atoms with Crippen molar-refractivity contribution in [2.75, 3.05) is 20.6 Å². The van der Waals surface area contributed by atoms with E-state index in [-0.39, 0.29) is 36.5 Å². The lowest BCUT2D eigenvalue weighted by Gasteiger charge is -2.25. The van der Waals surface area contributed by atoms with Gasteiger partial charge in [-0.15, -0.1) is 0 Å². The van der Waals surface area contributed by atoms with Crippen LogP contribution in [0, 0.1) is 0 Å². The van der Waals surface area contributed by atoms with Gasteiger partial charge < -0.3 is 21.1 Å². The van der Waals surface area contributed by atoms with Gasteiger partial charge in [0, 0.05) is 6.54 Å². The zero-order chi connectivity index (χ0) is 16.4. The van der Waals surface area contributed by atoms with Crippen molar-refractivity contribution in [3.05, 3.63) is 0 Å². The molecule has 0 rings (SSSR count). The second kappa shape index (κ2) is 10.5. The molecule has 0 fully saturated rings. The molecule has 0 radical (unpaired) electrons. The molecule has 8 heteroatoms. The second-order valence-electron chi connectivity index (χ2n) is 4.98. The molecule has 4 unspecified atom stereocenters. The molecule has 0 aromatic heterocycles. The Labute approximate surface area is 126 Å². The summed E-state index contributed by atoms with van der Waals surface area (Å²) in [6.07, 6.45) is -0.209. The molecule has 0 aromatic rings. The summed E-state index contributed by atoms with van der Waals surface area (Å²) in [5, 5.41) is 18.5. The first-order chi connectivity index (χ1) is 9.87. The highest BCUT2D eigenvalue weighted by Gasteiger charge is 2.21. The third kappa shape index (κ3) is 7.37. The van der Waals surface area contributed by atoms with Gasteiger partial charge in [-0.1, -0.05) is 6.92 Å². The number of nitrogens with one attached hydrogen (secondary N) is 5. The summed E-state index contributed by atoms with van der Waals surface area (Å²) in [6, 6.07) is -1.03. The number of hydrogen-bond donors (Lipinski definition) is 6. The number of carbonyl (C=O) groups is 2. The van der Waals surface area contributed by atoms with Crippen LogP contribution in [-0.4, -0.2) is 61.8 Å². The highest BCUT2D eigenvalue weighted by atomic mass is 16.3. The van der Waals surface area contributed by atoms with Gasteiger partial charge in [0.25, 0.3) is 5.91 Å². The Balaban J connectivity index is 4.19. The maximum atomic E-state index is 11.8. The van der Waals surface area contributed by atoms with E-state index in [1.54, 1.807) is 27.9 Å². The van der Waals surface area contributed by atoms with E-state index in [1.165, 1.54) is 0 Å². The van der Waals surface area contributed by atoms with Gasteiger partial charge in [0.15, 0.2) is 0 Å². The lowest BCUT2D eigenvalue weighted by molar-refractivity contribution is -0.125. The molecule has 0 heterocycles. The second-order valence-corrected chi connectivity index (χ2v) is 4.98. The van der Waals surface area contributed by atoms with Gasteiger partial charge in [-0.05, 0) is 34.4 Å². The minimum Gasteiger partial charge on any atom is -0.390 e. The van der Waals surface area contributed by atoms with E-state index in [0.717, 1.165) is 0 Å². The molecular formula is C13H29N5O3. The summed E-state index contributed by atoms with van der Waals surface area (Å²) in [7, 11) is 3.38. The lowest BCUT2D eigenvalue weighted by atomic mass is 10.1. The van der Waals surface area contributed by atoms with E-state index in [1.807, 2.05) is 6.92 Å². The number of aliphatic hydroxyl groups is 1. The number of rotatable bonds is 10. The van der Waals surface area contributed by atoms with Crippen molar-refractivity contribution in [1.82, 2.24) is 26.8 Å². The largest absolute Gasteiger partial charge is 0.390 e. The molecule has 0 saturated heterocycles. The van der Waals surface area contributed by atoms with Crippen LogP contribution in [0.4, 0.5) is 0 Å². The first-order valence-corrected chi connectivity index (χ1v) is 7.23. The van der Waals surface area contributed by atoms with Gasteiger partial charge in [-0.3, -0.25) is 15.0 Å². The molecule has 0 aliphatic heterocycles. The number of hydrogen-bond acceptors (Lipinski definition) is 6. The Kier molecular flexibility index (Phi) is 9.89. The topological polar surface area (TPSA) is 115 Å². The molecule has 21 heavy (non-hydrogen) atoms. The zero-order valence-electron chi connectivity index (χ0n) is 13.5. The summed E-state index contributed by atoms with van der Waals surface area (Å²) in [4.78, 5) is 23.3. The molecule has 0 bridgehead atoms. The fourth-order valence-electron chi connectivity index (χ4n) is 1.53. The predicted octanol–water partition coefficient (Wildman–Crippen LogP) is -1.92. The highest BCUT2D eigenvalue weighted by Crippen LogP contribution is 1.99. The van der Waals surface area contributed by atoms with E-state index in [2.05, 4.69) is 26.8 Å². The van der Waals surface area contributed by atoms with Crippen molar-refractivity contribution in [3.8, 4) is 0 Å². The van der Waals surface area contributed by atoms with Crippen LogP contribution in [0.1, 0.15) is 27.2 Å².